The second-order valence-corrected chi connectivity index (χ2v) is 5.78. The lowest BCUT2D eigenvalue weighted by Gasteiger charge is -2.08. The van der Waals surface area contributed by atoms with Crippen molar-refractivity contribution in [1.29, 1.82) is 0 Å². The number of amides is 1. The summed E-state index contributed by atoms with van der Waals surface area (Å²) >= 11 is 3.27. The SMILES string of the molecule is O=C(NCc1nnc2ccc(C(F)(F)F)cn12)c1ccccc1Br. The van der Waals surface area contributed by atoms with E-state index in [-0.39, 0.29) is 23.9 Å². The third kappa shape index (κ3) is 3.25. The number of pyridine rings is 1. The lowest BCUT2D eigenvalue weighted by atomic mass is 10.2. The fourth-order valence-corrected chi connectivity index (χ4v) is 2.59. The minimum atomic E-state index is -4.46. The molecule has 0 bridgehead atoms. The Labute approximate surface area is 142 Å². The van der Waals surface area contributed by atoms with Crippen LogP contribution in [0.5, 0.6) is 0 Å². The van der Waals surface area contributed by atoms with Crippen LogP contribution in [0.25, 0.3) is 5.65 Å². The minimum absolute atomic E-state index is 0.0529. The van der Waals surface area contributed by atoms with E-state index in [1.165, 1.54) is 10.5 Å². The summed E-state index contributed by atoms with van der Waals surface area (Å²) in [4.78, 5) is 12.1. The molecule has 2 aromatic heterocycles. The van der Waals surface area contributed by atoms with Crippen LogP contribution in [0.1, 0.15) is 21.7 Å². The van der Waals surface area contributed by atoms with Crippen LogP contribution in [0.3, 0.4) is 0 Å². The molecule has 0 fully saturated rings. The summed E-state index contributed by atoms with van der Waals surface area (Å²) in [5.74, 6) is -0.164. The molecule has 0 saturated heterocycles. The van der Waals surface area contributed by atoms with Crippen LogP contribution in [0, 0.1) is 0 Å². The topological polar surface area (TPSA) is 59.3 Å². The quantitative estimate of drug-likeness (QED) is 0.734. The molecule has 0 saturated carbocycles. The minimum Gasteiger partial charge on any atom is -0.345 e. The maximum absolute atomic E-state index is 12.8. The molecule has 0 aliphatic carbocycles. The summed E-state index contributed by atoms with van der Waals surface area (Å²) in [7, 11) is 0. The van der Waals surface area contributed by atoms with Gasteiger partial charge in [0.25, 0.3) is 5.91 Å². The van der Waals surface area contributed by atoms with E-state index in [0.29, 0.717) is 10.0 Å². The Bertz CT molecular complexity index is 907. The Balaban J connectivity index is 1.83. The summed E-state index contributed by atoms with van der Waals surface area (Å²) in [5.41, 5.74) is -0.122. The number of carbonyl (C=O) groups is 1. The van der Waals surface area contributed by atoms with E-state index in [2.05, 4.69) is 31.4 Å². The molecule has 2 heterocycles. The molecular weight excluding hydrogens is 389 g/mol. The molecule has 0 aliphatic rings. The number of fused-ring (bicyclic) bond motifs is 1. The van der Waals surface area contributed by atoms with Gasteiger partial charge in [0.15, 0.2) is 11.5 Å². The first-order valence-corrected chi connectivity index (χ1v) is 7.59. The van der Waals surface area contributed by atoms with E-state index in [1.54, 1.807) is 24.3 Å². The summed E-state index contributed by atoms with van der Waals surface area (Å²) in [6.45, 7) is -0.0529. The maximum atomic E-state index is 12.8. The predicted octanol–water partition coefficient (Wildman–Crippen LogP) is 3.44. The molecule has 3 aromatic rings. The van der Waals surface area contributed by atoms with E-state index in [4.69, 9.17) is 0 Å². The average molecular weight is 399 g/mol. The number of rotatable bonds is 3. The fraction of sp³-hybridized carbons (Fsp3) is 0.133. The molecular formula is C15H10BrF3N4O. The van der Waals surface area contributed by atoms with Crippen LogP contribution in [0.2, 0.25) is 0 Å². The molecule has 5 nitrogen and oxygen atoms in total. The molecule has 0 radical (unpaired) electrons. The normalized spacial score (nSPS) is 11.7. The summed E-state index contributed by atoms with van der Waals surface area (Å²) in [6, 6.07) is 9.00. The Kier molecular flexibility index (Phi) is 4.27. The van der Waals surface area contributed by atoms with E-state index >= 15 is 0 Å². The van der Waals surface area contributed by atoms with Crippen LogP contribution >= 0.6 is 15.9 Å². The zero-order valence-electron chi connectivity index (χ0n) is 12.0. The number of aromatic nitrogens is 3. The second-order valence-electron chi connectivity index (χ2n) is 4.92. The van der Waals surface area contributed by atoms with Crippen molar-refractivity contribution in [3.05, 3.63) is 64.0 Å². The number of carbonyl (C=O) groups excluding carboxylic acids is 1. The lowest BCUT2D eigenvalue weighted by molar-refractivity contribution is -0.137. The number of halogens is 4. The van der Waals surface area contributed by atoms with Crippen LogP contribution in [-0.2, 0) is 12.7 Å². The van der Waals surface area contributed by atoms with Gasteiger partial charge in [0.1, 0.15) is 0 Å². The van der Waals surface area contributed by atoms with Crippen molar-refractivity contribution in [3.63, 3.8) is 0 Å². The number of benzene rings is 1. The van der Waals surface area contributed by atoms with Crippen LogP contribution in [0.4, 0.5) is 13.2 Å². The molecule has 124 valence electrons. The first-order chi connectivity index (χ1) is 11.4. The number of nitrogens with one attached hydrogen (secondary N) is 1. The predicted molar refractivity (Wildman–Crippen MR) is 83.3 cm³/mol. The maximum Gasteiger partial charge on any atom is 0.417 e. The Morgan fingerprint density at radius 1 is 1.17 bits per heavy atom. The van der Waals surface area contributed by atoms with Crippen LogP contribution < -0.4 is 5.32 Å². The standard InChI is InChI=1S/C15H10BrF3N4O/c16-11-4-2-1-3-10(11)14(24)20-7-13-22-21-12-6-5-9(8-23(12)13)15(17,18)19/h1-6,8H,7H2,(H,20,24). The summed E-state index contributed by atoms with van der Waals surface area (Å²) < 4.78 is 40.2. The zero-order valence-corrected chi connectivity index (χ0v) is 13.6. The van der Waals surface area contributed by atoms with Gasteiger partial charge in [0.2, 0.25) is 0 Å². The highest BCUT2D eigenvalue weighted by atomic mass is 79.9. The number of hydrogen-bond acceptors (Lipinski definition) is 3. The summed E-state index contributed by atoms with van der Waals surface area (Å²) in [6.07, 6.45) is -3.55. The van der Waals surface area contributed by atoms with Crippen molar-refractivity contribution in [2.45, 2.75) is 12.7 Å². The highest BCUT2D eigenvalue weighted by Crippen LogP contribution is 2.29. The van der Waals surface area contributed by atoms with Gasteiger partial charge < -0.3 is 5.32 Å². The first-order valence-electron chi connectivity index (χ1n) is 6.80. The molecule has 1 aromatic carbocycles. The highest BCUT2D eigenvalue weighted by molar-refractivity contribution is 9.10. The Morgan fingerprint density at radius 3 is 2.62 bits per heavy atom. The summed E-state index contributed by atoms with van der Waals surface area (Å²) in [5, 5.41) is 10.2. The monoisotopic (exact) mass is 398 g/mol. The van der Waals surface area contributed by atoms with Gasteiger partial charge in [-0.3, -0.25) is 9.20 Å². The molecule has 24 heavy (non-hydrogen) atoms. The molecule has 0 aliphatic heterocycles. The van der Waals surface area contributed by atoms with Crippen LogP contribution in [-0.4, -0.2) is 20.5 Å². The van der Waals surface area contributed by atoms with Crippen molar-refractivity contribution >= 4 is 27.5 Å². The van der Waals surface area contributed by atoms with Crippen molar-refractivity contribution in [1.82, 2.24) is 19.9 Å². The van der Waals surface area contributed by atoms with Crippen molar-refractivity contribution in [2.24, 2.45) is 0 Å². The highest BCUT2D eigenvalue weighted by Gasteiger charge is 2.31. The molecule has 0 spiro atoms. The van der Waals surface area contributed by atoms with Gasteiger partial charge in [0.05, 0.1) is 17.7 Å². The third-order valence-electron chi connectivity index (χ3n) is 3.33. The van der Waals surface area contributed by atoms with Crippen molar-refractivity contribution < 1.29 is 18.0 Å². The van der Waals surface area contributed by atoms with Gasteiger partial charge >= 0.3 is 6.18 Å². The molecule has 3 rings (SSSR count). The van der Waals surface area contributed by atoms with Gasteiger partial charge in [-0.2, -0.15) is 13.2 Å². The molecule has 9 heteroatoms. The molecule has 0 unspecified atom stereocenters. The average Bonchev–Trinajstić information content (AvgIpc) is 2.94. The van der Waals surface area contributed by atoms with Gasteiger partial charge in [0, 0.05) is 10.7 Å². The smallest absolute Gasteiger partial charge is 0.345 e. The van der Waals surface area contributed by atoms with Gasteiger partial charge in [-0.05, 0) is 40.2 Å². The number of alkyl halides is 3. The van der Waals surface area contributed by atoms with Gasteiger partial charge in [-0.15, -0.1) is 10.2 Å². The van der Waals surface area contributed by atoms with Crippen molar-refractivity contribution in [2.75, 3.05) is 0 Å². The lowest BCUT2D eigenvalue weighted by Crippen LogP contribution is -2.24. The van der Waals surface area contributed by atoms with E-state index < -0.39 is 11.7 Å². The van der Waals surface area contributed by atoms with E-state index in [0.717, 1.165) is 12.3 Å². The number of hydrogen-bond donors (Lipinski definition) is 1. The fourth-order valence-electron chi connectivity index (χ4n) is 2.13. The van der Waals surface area contributed by atoms with Crippen molar-refractivity contribution in [3.8, 4) is 0 Å². The Hall–Kier alpha value is -2.42. The molecule has 1 N–H and O–H groups in total. The Morgan fingerprint density at radius 2 is 1.92 bits per heavy atom. The third-order valence-corrected chi connectivity index (χ3v) is 4.02. The largest absolute Gasteiger partial charge is 0.417 e. The molecule has 1 amide bonds. The number of nitrogens with zero attached hydrogens (tertiary/aromatic N) is 3. The zero-order chi connectivity index (χ0) is 17.3. The van der Waals surface area contributed by atoms with Gasteiger partial charge in [-0.1, -0.05) is 12.1 Å². The van der Waals surface area contributed by atoms with Crippen LogP contribution in [0.15, 0.2) is 47.1 Å². The van der Waals surface area contributed by atoms with E-state index in [1.807, 2.05) is 0 Å². The van der Waals surface area contributed by atoms with E-state index in [9.17, 15) is 18.0 Å². The van der Waals surface area contributed by atoms with Gasteiger partial charge in [-0.25, -0.2) is 0 Å². The first kappa shape index (κ1) is 16.4. The molecule has 0 atom stereocenters. The second kappa shape index (κ2) is 6.23.